The van der Waals surface area contributed by atoms with Crippen LogP contribution in [-0.2, 0) is 22.4 Å². The maximum absolute atomic E-state index is 12.9. The van der Waals surface area contributed by atoms with Gasteiger partial charge in [0.1, 0.15) is 10.8 Å². The number of hydrogen-bond acceptors (Lipinski definition) is 10. The highest BCUT2D eigenvalue weighted by molar-refractivity contribution is 8.02. The van der Waals surface area contributed by atoms with E-state index >= 15 is 0 Å². The van der Waals surface area contributed by atoms with E-state index in [0.717, 1.165) is 29.7 Å². The van der Waals surface area contributed by atoms with Crippen molar-refractivity contribution in [3.05, 3.63) is 45.8 Å². The van der Waals surface area contributed by atoms with Crippen LogP contribution in [-0.4, -0.2) is 45.9 Å². The van der Waals surface area contributed by atoms with Crippen molar-refractivity contribution in [2.24, 2.45) is 0 Å². The molecule has 0 spiro atoms. The van der Waals surface area contributed by atoms with E-state index in [-0.39, 0.29) is 24.5 Å². The average molecular weight is 561 g/mol. The fourth-order valence-corrected chi connectivity index (χ4v) is 6.94. The van der Waals surface area contributed by atoms with Crippen molar-refractivity contribution in [3.8, 4) is 5.75 Å². The van der Waals surface area contributed by atoms with Crippen LogP contribution in [0.25, 0.3) is 0 Å². The lowest BCUT2D eigenvalue weighted by Crippen LogP contribution is -2.23. The smallest absolute Gasteiger partial charge is 0.341 e. The average Bonchev–Trinajstić information content (AvgIpc) is 3.55. The second kappa shape index (κ2) is 12.1. The molecule has 0 radical (unpaired) electrons. The number of aromatic nitrogens is 2. The molecule has 196 valence electrons. The van der Waals surface area contributed by atoms with E-state index in [1.165, 1.54) is 34.4 Å². The number of hydrogen-bond donors (Lipinski definition) is 2. The molecular formula is C25H28N4O5S3. The third kappa shape index (κ3) is 6.68. The van der Waals surface area contributed by atoms with Crippen LogP contribution in [0.15, 0.2) is 28.6 Å². The first kappa shape index (κ1) is 27.1. The molecule has 2 N–H and O–H groups in total. The molecule has 4 rings (SSSR count). The second-order valence-electron chi connectivity index (χ2n) is 8.55. The monoisotopic (exact) mass is 560 g/mol. The number of carbonyl (C=O) groups excluding carboxylic acids is 3. The molecular weight excluding hydrogens is 532 g/mol. The number of thiophene rings is 1. The van der Waals surface area contributed by atoms with Gasteiger partial charge in [0.15, 0.2) is 4.34 Å². The Bertz CT molecular complexity index is 1290. The molecule has 12 heteroatoms. The number of anilines is 2. The van der Waals surface area contributed by atoms with Crippen molar-refractivity contribution in [1.29, 1.82) is 0 Å². The van der Waals surface area contributed by atoms with Gasteiger partial charge in [0, 0.05) is 10.4 Å². The molecule has 0 aliphatic heterocycles. The molecule has 0 saturated carbocycles. The van der Waals surface area contributed by atoms with E-state index in [2.05, 4.69) is 20.8 Å². The van der Waals surface area contributed by atoms with Gasteiger partial charge in [0.25, 0.3) is 5.91 Å². The lowest BCUT2D eigenvalue weighted by Gasteiger charge is -2.11. The van der Waals surface area contributed by atoms with Gasteiger partial charge in [-0.1, -0.05) is 23.1 Å². The number of aryl methyl sites for hydroxylation is 1. The summed E-state index contributed by atoms with van der Waals surface area (Å²) in [5.41, 5.74) is 1.94. The molecule has 0 saturated heterocycles. The molecule has 37 heavy (non-hydrogen) atoms. The minimum absolute atomic E-state index is 0.0483. The molecule has 1 aliphatic rings. The Kier molecular flexibility index (Phi) is 8.83. The van der Waals surface area contributed by atoms with Crippen LogP contribution in [0.1, 0.15) is 65.3 Å². The zero-order valence-electron chi connectivity index (χ0n) is 21.0. The largest absolute Gasteiger partial charge is 0.491 e. The second-order valence-corrected chi connectivity index (χ2v) is 12.2. The summed E-state index contributed by atoms with van der Waals surface area (Å²) in [6.07, 6.45) is 2.77. The lowest BCUT2D eigenvalue weighted by atomic mass is 10.1. The Labute approximate surface area is 227 Å². The Hall–Kier alpha value is -2.96. The van der Waals surface area contributed by atoms with E-state index in [1.807, 2.05) is 13.8 Å². The first-order valence-corrected chi connectivity index (χ1v) is 14.5. The topological polar surface area (TPSA) is 120 Å². The van der Waals surface area contributed by atoms with Crippen LogP contribution >= 0.6 is 34.4 Å². The summed E-state index contributed by atoms with van der Waals surface area (Å²) in [7, 11) is 0. The number of ether oxygens (including phenoxy) is 2. The van der Waals surface area contributed by atoms with Gasteiger partial charge in [-0.25, -0.2) is 4.79 Å². The Morgan fingerprint density at radius 3 is 2.51 bits per heavy atom. The highest BCUT2D eigenvalue weighted by atomic mass is 32.2. The number of benzene rings is 1. The molecule has 3 aromatic rings. The predicted molar refractivity (Wildman–Crippen MR) is 146 cm³/mol. The quantitative estimate of drug-likeness (QED) is 0.192. The van der Waals surface area contributed by atoms with E-state index in [1.54, 1.807) is 38.1 Å². The van der Waals surface area contributed by atoms with Crippen LogP contribution in [0, 0.1) is 0 Å². The minimum atomic E-state index is -0.503. The normalized spacial score (nSPS) is 13.2. The van der Waals surface area contributed by atoms with Crippen molar-refractivity contribution in [2.45, 2.75) is 62.7 Å². The maximum Gasteiger partial charge on any atom is 0.341 e. The number of carbonyl (C=O) groups is 3. The SMILES string of the molecule is CCOC(=O)c1c(NC(=O)C(C)Sc2nnc(NC(=O)c3ccc(OC(C)C)cc3)s2)sc2c1CCC2. The van der Waals surface area contributed by atoms with Crippen molar-refractivity contribution in [2.75, 3.05) is 17.2 Å². The summed E-state index contributed by atoms with van der Waals surface area (Å²) in [5, 5.41) is 14.1. The van der Waals surface area contributed by atoms with E-state index in [4.69, 9.17) is 9.47 Å². The van der Waals surface area contributed by atoms with Gasteiger partial charge in [-0.2, -0.15) is 0 Å². The molecule has 2 aromatic heterocycles. The first-order chi connectivity index (χ1) is 17.7. The first-order valence-electron chi connectivity index (χ1n) is 12.0. The zero-order chi connectivity index (χ0) is 26.5. The molecule has 1 aromatic carbocycles. The van der Waals surface area contributed by atoms with Gasteiger partial charge < -0.3 is 14.8 Å². The number of thioether (sulfide) groups is 1. The van der Waals surface area contributed by atoms with Crippen LogP contribution < -0.4 is 15.4 Å². The standard InChI is InChI=1S/C25H28N4O5S3/c1-5-33-23(32)19-17-7-6-8-18(17)36-22(19)26-20(30)14(4)35-25-29-28-24(37-25)27-21(31)15-9-11-16(12-10-15)34-13(2)3/h9-14H,5-8H2,1-4H3,(H,26,30)(H,27,28,31). The third-order valence-electron chi connectivity index (χ3n) is 5.40. The molecule has 2 amide bonds. The molecule has 1 aliphatic carbocycles. The van der Waals surface area contributed by atoms with Gasteiger partial charge in [0.05, 0.1) is 23.5 Å². The maximum atomic E-state index is 12.9. The predicted octanol–water partition coefficient (Wildman–Crippen LogP) is 5.42. The van der Waals surface area contributed by atoms with Gasteiger partial charge >= 0.3 is 5.97 Å². The van der Waals surface area contributed by atoms with Crippen molar-refractivity contribution < 1.29 is 23.9 Å². The van der Waals surface area contributed by atoms with Crippen molar-refractivity contribution >= 4 is 62.4 Å². The summed E-state index contributed by atoms with van der Waals surface area (Å²) < 4.78 is 11.4. The van der Waals surface area contributed by atoms with Crippen molar-refractivity contribution in [1.82, 2.24) is 10.2 Å². The number of fused-ring (bicyclic) bond motifs is 1. The van der Waals surface area contributed by atoms with Crippen molar-refractivity contribution in [3.63, 3.8) is 0 Å². The molecule has 0 fully saturated rings. The van der Waals surface area contributed by atoms with Crippen LogP contribution in [0.2, 0.25) is 0 Å². The lowest BCUT2D eigenvalue weighted by molar-refractivity contribution is -0.115. The molecule has 2 heterocycles. The number of rotatable bonds is 10. The summed E-state index contributed by atoms with van der Waals surface area (Å²) in [6.45, 7) is 7.66. The summed E-state index contributed by atoms with van der Waals surface area (Å²) in [4.78, 5) is 39.2. The fourth-order valence-electron chi connectivity index (χ4n) is 3.76. The van der Waals surface area contributed by atoms with Gasteiger partial charge in [-0.05, 0) is 76.8 Å². The summed E-state index contributed by atoms with van der Waals surface area (Å²) in [5.74, 6) is -0.272. The third-order valence-corrected chi connectivity index (χ3v) is 8.63. The molecule has 1 atom stereocenters. The van der Waals surface area contributed by atoms with Crippen LogP contribution in [0.4, 0.5) is 10.1 Å². The molecule has 1 unspecified atom stereocenters. The number of nitrogens with one attached hydrogen (secondary N) is 2. The molecule has 9 nitrogen and oxygen atoms in total. The highest BCUT2D eigenvalue weighted by Crippen LogP contribution is 2.40. The fraction of sp³-hybridized carbons (Fsp3) is 0.400. The van der Waals surface area contributed by atoms with Gasteiger partial charge in [-0.3, -0.25) is 14.9 Å². The summed E-state index contributed by atoms with van der Waals surface area (Å²) >= 11 is 3.86. The zero-order valence-corrected chi connectivity index (χ0v) is 23.4. The van der Waals surface area contributed by atoms with E-state index in [9.17, 15) is 14.4 Å². The Balaban J connectivity index is 1.35. The van der Waals surface area contributed by atoms with E-state index in [0.29, 0.717) is 31.3 Å². The Morgan fingerprint density at radius 1 is 1.05 bits per heavy atom. The number of nitrogens with zero attached hydrogens (tertiary/aromatic N) is 2. The van der Waals surface area contributed by atoms with E-state index < -0.39 is 11.2 Å². The number of esters is 1. The highest BCUT2D eigenvalue weighted by Gasteiger charge is 2.29. The van der Waals surface area contributed by atoms with Gasteiger partial charge in [0.2, 0.25) is 11.0 Å². The molecule has 0 bridgehead atoms. The Morgan fingerprint density at radius 2 is 1.81 bits per heavy atom. The number of amides is 2. The minimum Gasteiger partial charge on any atom is -0.491 e. The summed E-state index contributed by atoms with van der Waals surface area (Å²) in [6, 6.07) is 6.85. The van der Waals surface area contributed by atoms with Crippen LogP contribution in [0.3, 0.4) is 0 Å². The van der Waals surface area contributed by atoms with Gasteiger partial charge in [-0.15, -0.1) is 21.5 Å². The van der Waals surface area contributed by atoms with Crippen LogP contribution in [0.5, 0.6) is 5.75 Å².